The Morgan fingerprint density at radius 3 is 2.28 bits per heavy atom. The van der Waals surface area contributed by atoms with Crippen molar-refractivity contribution in [2.24, 2.45) is 5.92 Å². The van der Waals surface area contributed by atoms with Gasteiger partial charge in [-0.1, -0.05) is 66.7 Å². The van der Waals surface area contributed by atoms with Crippen LogP contribution >= 0.6 is 78.3 Å². The summed E-state index contributed by atoms with van der Waals surface area (Å²) >= 11 is 31.0. The molecule has 0 aromatic heterocycles. The number of allylic oxidation sites excluding steroid dienone is 4. The van der Waals surface area contributed by atoms with Crippen LogP contribution in [0.2, 0.25) is 0 Å². The number of alkyl halides is 3. The molecule has 3 aliphatic carbocycles. The first-order chi connectivity index (χ1) is 8.13. The Morgan fingerprint density at radius 1 is 1.17 bits per heavy atom. The highest BCUT2D eigenvalue weighted by molar-refractivity contribution is 9.13. The van der Waals surface area contributed by atoms with Crippen LogP contribution in [0.5, 0.6) is 0 Å². The highest BCUT2D eigenvalue weighted by Gasteiger charge is 2.83. The second kappa shape index (κ2) is 3.58. The smallest absolute Gasteiger partial charge is 0.195 e. The largest absolute Gasteiger partial charge is 0.295 e. The SMILES string of the molecule is O=C1C2(Cl)C(Cl)=CC1(Br)C1(Br)C(=O)C(Cl)=C(Cl)C21. The molecule has 0 radical (unpaired) electrons. The molecule has 3 rings (SSSR count). The molecule has 4 unspecified atom stereocenters. The second-order valence-corrected chi connectivity index (χ2v) is 8.67. The summed E-state index contributed by atoms with van der Waals surface area (Å²) in [4.78, 5) is 23.1. The molecule has 3 aliphatic rings. The molecular weight excluding hydrogens is 454 g/mol. The maximum Gasteiger partial charge on any atom is 0.195 e. The van der Waals surface area contributed by atoms with Gasteiger partial charge in [0, 0.05) is 10.1 Å². The first kappa shape index (κ1) is 13.9. The lowest BCUT2D eigenvalue weighted by atomic mass is 9.84. The quantitative estimate of drug-likeness (QED) is 0.520. The van der Waals surface area contributed by atoms with Crippen LogP contribution in [0.3, 0.4) is 0 Å². The number of ketones is 2. The van der Waals surface area contributed by atoms with Crippen molar-refractivity contribution in [3.8, 4) is 0 Å². The van der Waals surface area contributed by atoms with Gasteiger partial charge in [-0.05, 0) is 6.08 Å². The summed E-state index contributed by atoms with van der Waals surface area (Å²) in [6, 6.07) is 0. The minimum atomic E-state index is -1.54. The Hall–Kier alpha value is 0.940. The van der Waals surface area contributed by atoms with E-state index in [0.717, 1.165) is 0 Å². The average Bonchev–Trinajstić information content (AvgIpc) is 2.65. The van der Waals surface area contributed by atoms with Crippen molar-refractivity contribution in [2.45, 2.75) is 13.5 Å². The summed E-state index contributed by atoms with van der Waals surface area (Å²) in [6.45, 7) is 0. The van der Waals surface area contributed by atoms with E-state index in [2.05, 4.69) is 31.9 Å². The summed E-state index contributed by atoms with van der Waals surface area (Å²) in [5, 5.41) is 0.109. The molecule has 0 aromatic carbocycles. The molecule has 0 saturated heterocycles. The minimum absolute atomic E-state index is 0.0643. The van der Waals surface area contributed by atoms with Crippen LogP contribution in [0.4, 0.5) is 0 Å². The fourth-order valence-corrected chi connectivity index (χ4v) is 6.98. The van der Waals surface area contributed by atoms with E-state index >= 15 is 0 Å². The minimum Gasteiger partial charge on any atom is -0.295 e. The monoisotopic (exact) mass is 452 g/mol. The van der Waals surface area contributed by atoms with Crippen molar-refractivity contribution in [3.05, 3.63) is 21.2 Å². The number of carbonyl (C=O) groups is 2. The summed E-state index contributed by atoms with van der Waals surface area (Å²) in [5.41, 5.74) is 0. The van der Waals surface area contributed by atoms with Crippen LogP contribution in [-0.4, -0.2) is 25.1 Å². The van der Waals surface area contributed by atoms with Crippen molar-refractivity contribution in [3.63, 3.8) is 0 Å². The summed E-state index contributed by atoms with van der Waals surface area (Å²) < 4.78 is -2.64. The fourth-order valence-electron chi connectivity index (χ4n) is 2.78. The van der Waals surface area contributed by atoms with Crippen molar-refractivity contribution < 1.29 is 9.59 Å². The molecule has 0 spiro atoms. The van der Waals surface area contributed by atoms with Gasteiger partial charge in [-0.25, -0.2) is 0 Å². The van der Waals surface area contributed by atoms with Crippen molar-refractivity contribution >= 4 is 89.8 Å². The van der Waals surface area contributed by atoms with E-state index in [1.165, 1.54) is 6.08 Å². The third-order valence-corrected chi connectivity index (χ3v) is 8.82. The number of Topliss-reactive ketones (excluding diaryl/α,β-unsaturated/α-hetero) is 2. The molecule has 4 atom stereocenters. The lowest BCUT2D eigenvalue weighted by molar-refractivity contribution is -0.121. The van der Waals surface area contributed by atoms with Gasteiger partial charge in [-0.2, -0.15) is 0 Å². The zero-order chi connectivity index (χ0) is 13.7. The first-order valence-corrected chi connectivity index (χ1v) is 7.83. The Bertz CT molecular complexity index is 601. The normalized spacial score (nSPS) is 50.1. The van der Waals surface area contributed by atoms with Crippen LogP contribution in [0.15, 0.2) is 21.2 Å². The molecule has 0 aliphatic heterocycles. The molecule has 2 bridgehead atoms. The molecule has 96 valence electrons. The summed E-state index contributed by atoms with van der Waals surface area (Å²) in [5.74, 6) is -1.68. The molecule has 0 heterocycles. The van der Waals surface area contributed by atoms with E-state index in [1.54, 1.807) is 0 Å². The van der Waals surface area contributed by atoms with Crippen LogP contribution in [0.25, 0.3) is 0 Å². The van der Waals surface area contributed by atoms with Crippen molar-refractivity contribution in [1.82, 2.24) is 0 Å². The number of hydrogen-bond donors (Lipinski definition) is 0. The van der Waals surface area contributed by atoms with E-state index in [4.69, 9.17) is 46.4 Å². The Kier molecular flexibility index (Phi) is 2.76. The third kappa shape index (κ3) is 1.09. The maximum atomic E-state index is 12.4. The van der Waals surface area contributed by atoms with Crippen LogP contribution in [0, 0.1) is 5.92 Å². The molecule has 8 heteroatoms. The predicted molar refractivity (Wildman–Crippen MR) is 78.1 cm³/mol. The maximum absolute atomic E-state index is 12.4. The van der Waals surface area contributed by atoms with E-state index in [9.17, 15) is 9.59 Å². The Morgan fingerprint density at radius 2 is 1.72 bits per heavy atom. The van der Waals surface area contributed by atoms with Gasteiger partial charge in [0.2, 0.25) is 0 Å². The van der Waals surface area contributed by atoms with E-state index < -0.39 is 31.0 Å². The van der Waals surface area contributed by atoms with Gasteiger partial charge >= 0.3 is 0 Å². The lowest BCUT2D eigenvalue weighted by Gasteiger charge is -2.36. The second-order valence-electron chi connectivity index (χ2n) is 4.38. The Balaban J connectivity index is 2.40. The lowest BCUT2D eigenvalue weighted by Crippen LogP contribution is -2.50. The summed E-state index contributed by atoms with van der Waals surface area (Å²) in [7, 11) is 0. The van der Waals surface area contributed by atoms with Crippen LogP contribution in [-0.2, 0) is 9.59 Å². The van der Waals surface area contributed by atoms with Crippen molar-refractivity contribution in [1.29, 1.82) is 0 Å². The molecule has 0 amide bonds. The van der Waals surface area contributed by atoms with E-state index in [-0.39, 0.29) is 15.1 Å². The number of fused-ring (bicyclic) bond motifs is 5. The average molecular weight is 456 g/mol. The molecule has 0 N–H and O–H groups in total. The zero-order valence-electron chi connectivity index (χ0n) is 8.24. The third-order valence-electron chi connectivity index (χ3n) is 3.65. The van der Waals surface area contributed by atoms with Gasteiger partial charge in [-0.3, -0.25) is 9.59 Å². The van der Waals surface area contributed by atoms with E-state index in [1.807, 2.05) is 0 Å². The highest BCUT2D eigenvalue weighted by atomic mass is 79.9. The fraction of sp³-hybridized carbons (Fsp3) is 0.400. The van der Waals surface area contributed by atoms with Gasteiger partial charge in [0.15, 0.2) is 11.6 Å². The molecular formula is C10H2Br2Cl4O2. The zero-order valence-corrected chi connectivity index (χ0v) is 14.4. The van der Waals surface area contributed by atoms with Crippen molar-refractivity contribution in [2.75, 3.05) is 0 Å². The standard InChI is InChI=1S/C10H2Br2Cl4O2/c11-8-1-2(13)9(16,7(8)18)5-3(14)4(15)6(17)10(5,8)12/h1,5H. The Labute approximate surface area is 139 Å². The topological polar surface area (TPSA) is 34.1 Å². The highest BCUT2D eigenvalue weighted by Crippen LogP contribution is 2.72. The molecule has 1 saturated carbocycles. The molecule has 18 heavy (non-hydrogen) atoms. The van der Waals surface area contributed by atoms with Gasteiger partial charge in [-0.15, -0.1) is 11.6 Å². The first-order valence-electron chi connectivity index (χ1n) is 4.74. The molecule has 2 nitrogen and oxygen atoms in total. The van der Waals surface area contributed by atoms with Gasteiger partial charge < -0.3 is 0 Å². The van der Waals surface area contributed by atoms with E-state index in [0.29, 0.717) is 0 Å². The molecule has 1 fully saturated rings. The van der Waals surface area contributed by atoms with Gasteiger partial charge in [0.25, 0.3) is 0 Å². The van der Waals surface area contributed by atoms with Crippen LogP contribution < -0.4 is 0 Å². The summed E-state index contributed by atoms with van der Waals surface area (Å²) in [6.07, 6.45) is 1.44. The number of halogens is 6. The number of rotatable bonds is 0. The predicted octanol–water partition coefficient (Wildman–Crippen LogP) is 3.84. The molecule has 0 aromatic rings. The van der Waals surface area contributed by atoms with Gasteiger partial charge in [0.1, 0.15) is 18.6 Å². The number of carbonyl (C=O) groups excluding carboxylic acids is 2. The van der Waals surface area contributed by atoms with Crippen LogP contribution in [0.1, 0.15) is 0 Å². The number of hydrogen-bond acceptors (Lipinski definition) is 2. The van der Waals surface area contributed by atoms with Gasteiger partial charge in [0.05, 0.1) is 5.92 Å².